The van der Waals surface area contributed by atoms with E-state index in [4.69, 9.17) is 9.47 Å². The molecule has 8 heteroatoms. The van der Waals surface area contributed by atoms with Crippen molar-refractivity contribution in [3.63, 3.8) is 0 Å². The van der Waals surface area contributed by atoms with Crippen LogP contribution in [0, 0.1) is 5.92 Å². The highest BCUT2D eigenvalue weighted by atomic mass is 32.2. The summed E-state index contributed by atoms with van der Waals surface area (Å²) in [5, 5.41) is 9.53. The Bertz CT molecular complexity index is 1370. The standard InChI is InChI=1S/C33H40N2O5S/c1-3-21-35(29-9-7-8-10-29)22-31-24(2)32(26-15-13-25(23-36)14-16-26)40-33(39-31)27-17-19-28(20-18-27)34-41(37,38)30-11-5-4-6-12-30/h3-6,11-20,24,29,31-34,36H,1,7-10,21-23H2,2H3/t24-,31+,32+,33+/m0/s1. The number of aliphatic hydroxyl groups excluding tert-OH is 1. The molecule has 1 heterocycles. The topological polar surface area (TPSA) is 88.1 Å². The molecule has 7 nitrogen and oxygen atoms in total. The van der Waals surface area contributed by atoms with Crippen molar-refractivity contribution in [1.82, 2.24) is 4.90 Å². The summed E-state index contributed by atoms with van der Waals surface area (Å²) in [5.41, 5.74) is 3.18. The number of aliphatic hydroxyl groups is 1. The van der Waals surface area contributed by atoms with Gasteiger partial charge in [0, 0.05) is 36.3 Å². The highest BCUT2D eigenvalue weighted by Crippen LogP contribution is 2.42. The molecule has 2 aliphatic rings. The van der Waals surface area contributed by atoms with Gasteiger partial charge in [0.2, 0.25) is 0 Å². The van der Waals surface area contributed by atoms with Gasteiger partial charge >= 0.3 is 0 Å². The number of hydrogen-bond donors (Lipinski definition) is 2. The summed E-state index contributed by atoms with van der Waals surface area (Å²) < 4.78 is 41.5. The number of anilines is 1. The van der Waals surface area contributed by atoms with Crippen LogP contribution in [-0.2, 0) is 26.1 Å². The summed E-state index contributed by atoms with van der Waals surface area (Å²) in [6.45, 7) is 7.76. The molecule has 5 rings (SSSR count). The fraction of sp³-hybridized carbons (Fsp3) is 0.394. The molecule has 4 atom stereocenters. The van der Waals surface area contributed by atoms with E-state index in [1.165, 1.54) is 25.7 Å². The second kappa shape index (κ2) is 13.3. The second-order valence-corrected chi connectivity index (χ2v) is 12.7. The Kier molecular flexibility index (Phi) is 9.57. The molecule has 0 aromatic heterocycles. The van der Waals surface area contributed by atoms with E-state index >= 15 is 0 Å². The van der Waals surface area contributed by atoms with Crippen LogP contribution in [0.2, 0.25) is 0 Å². The Hall–Kier alpha value is -3.01. The first-order chi connectivity index (χ1) is 19.9. The highest BCUT2D eigenvalue weighted by molar-refractivity contribution is 7.92. The van der Waals surface area contributed by atoms with Gasteiger partial charge in [-0.15, -0.1) is 6.58 Å². The van der Waals surface area contributed by atoms with Gasteiger partial charge in [0.1, 0.15) is 0 Å². The molecular formula is C33H40N2O5S. The predicted octanol–water partition coefficient (Wildman–Crippen LogP) is 6.20. The number of ether oxygens (including phenoxy) is 2. The van der Waals surface area contributed by atoms with Crippen LogP contribution < -0.4 is 4.72 Å². The highest BCUT2D eigenvalue weighted by Gasteiger charge is 2.40. The molecule has 3 aromatic rings. The van der Waals surface area contributed by atoms with Crippen LogP contribution in [0.1, 0.15) is 61.7 Å². The molecule has 41 heavy (non-hydrogen) atoms. The van der Waals surface area contributed by atoms with Crippen LogP contribution >= 0.6 is 0 Å². The monoisotopic (exact) mass is 576 g/mol. The summed E-state index contributed by atoms with van der Waals surface area (Å²) in [4.78, 5) is 2.71. The van der Waals surface area contributed by atoms with Crippen molar-refractivity contribution in [3.8, 4) is 0 Å². The van der Waals surface area contributed by atoms with E-state index in [2.05, 4.69) is 23.1 Å². The Morgan fingerprint density at radius 1 is 0.951 bits per heavy atom. The lowest BCUT2D eigenvalue weighted by Crippen LogP contribution is -2.47. The Morgan fingerprint density at radius 2 is 1.61 bits per heavy atom. The second-order valence-electron chi connectivity index (χ2n) is 11.0. The summed E-state index contributed by atoms with van der Waals surface area (Å²) in [6, 6.07) is 23.9. The number of benzene rings is 3. The average molecular weight is 577 g/mol. The van der Waals surface area contributed by atoms with Crippen LogP contribution in [0.3, 0.4) is 0 Å². The molecule has 0 amide bonds. The van der Waals surface area contributed by atoms with Crippen molar-refractivity contribution >= 4 is 15.7 Å². The van der Waals surface area contributed by atoms with Gasteiger partial charge < -0.3 is 14.6 Å². The third-order valence-electron chi connectivity index (χ3n) is 8.23. The smallest absolute Gasteiger partial charge is 0.261 e. The summed E-state index contributed by atoms with van der Waals surface area (Å²) in [6.07, 6.45) is 5.96. The Balaban J connectivity index is 1.38. The van der Waals surface area contributed by atoms with Gasteiger partial charge in [0.05, 0.1) is 23.7 Å². The SMILES string of the molecule is C=CCN(C[C@H]1O[C@@H](c2ccc(NS(=O)(=O)c3ccccc3)cc2)O[C@@H](c2ccc(CO)cc2)[C@H]1C)C1CCCC1. The minimum absolute atomic E-state index is 0.00596. The average Bonchev–Trinajstić information content (AvgIpc) is 3.54. The molecule has 2 fully saturated rings. The van der Waals surface area contributed by atoms with Crippen molar-refractivity contribution in [2.24, 2.45) is 5.92 Å². The van der Waals surface area contributed by atoms with E-state index in [0.717, 1.165) is 29.8 Å². The van der Waals surface area contributed by atoms with Gasteiger partial charge in [0.15, 0.2) is 6.29 Å². The van der Waals surface area contributed by atoms with Gasteiger partial charge in [-0.05, 0) is 48.2 Å². The molecule has 1 saturated carbocycles. The first-order valence-corrected chi connectivity index (χ1v) is 15.9. The number of nitrogens with one attached hydrogen (secondary N) is 1. The van der Waals surface area contributed by atoms with Crippen LogP contribution in [0.4, 0.5) is 5.69 Å². The maximum atomic E-state index is 12.8. The zero-order valence-electron chi connectivity index (χ0n) is 23.6. The predicted molar refractivity (Wildman–Crippen MR) is 161 cm³/mol. The largest absolute Gasteiger partial charge is 0.392 e. The van der Waals surface area contributed by atoms with Gasteiger partial charge in [-0.1, -0.05) is 80.4 Å². The minimum Gasteiger partial charge on any atom is -0.392 e. The molecule has 0 unspecified atom stereocenters. The first-order valence-electron chi connectivity index (χ1n) is 14.4. The lowest BCUT2D eigenvalue weighted by atomic mass is 9.89. The van der Waals surface area contributed by atoms with Crippen molar-refractivity contribution < 1.29 is 23.0 Å². The van der Waals surface area contributed by atoms with Crippen molar-refractivity contribution in [1.29, 1.82) is 0 Å². The maximum Gasteiger partial charge on any atom is 0.261 e. The molecule has 0 radical (unpaired) electrons. The van der Waals surface area contributed by atoms with E-state index in [-0.39, 0.29) is 29.6 Å². The third-order valence-corrected chi connectivity index (χ3v) is 9.63. The molecule has 218 valence electrons. The molecule has 1 aliphatic carbocycles. The zero-order chi connectivity index (χ0) is 28.8. The minimum atomic E-state index is -3.69. The van der Waals surface area contributed by atoms with E-state index in [1.807, 2.05) is 42.5 Å². The fourth-order valence-corrected chi connectivity index (χ4v) is 6.97. The molecule has 1 aliphatic heterocycles. The van der Waals surface area contributed by atoms with Gasteiger partial charge in [-0.3, -0.25) is 9.62 Å². The fourth-order valence-electron chi connectivity index (χ4n) is 5.89. The van der Waals surface area contributed by atoms with Crippen molar-refractivity contribution in [2.45, 2.75) is 68.6 Å². The van der Waals surface area contributed by atoms with E-state index in [9.17, 15) is 13.5 Å². The van der Waals surface area contributed by atoms with E-state index in [1.54, 1.807) is 42.5 Å². The quantitative estimate of drug-likeness (QED) is 0.264. The first kappa shape index (κ1) is 29.5. The number of rotatable bonds is 11. The van der Waals surface area contributed by atoms with Gasteiger partial charge in [0.25, 0.3) is 10.0 Å². The van der Waals surface area contributed by atoms with Crippen LogP contribution in [0.25, 0.3) is 0 Å². The summed E-state index contributed by atoms with van der Waals surface area (Å²) >= 11 is 0. The zero-order valence-corrected chi connectivity index (χ0v) is 24.4. The molecule has 1 saturated heterocycles. The molecule has 0 spiro atoms. The Morgan fingerprint density at radius 3 is 2.24 bits per heavy atom. The van der Waals surface area contributed by atoms with Gasteiger partial charge in [-0.2, -0.15) is 0 Å². The number of nitrogens with zero attached hydrogens (tertiary/aromatic N) is 1. The molecular weight excluding hydrogens is 536 g/mol. The third kappa shape index (κ3) is 7.08. The van der Waals surface area contributed by atoms with Crippen LogP contribution in [0.15, 0.2) is 96.4 Å². The van der Waals surface area contributed by atoms with Crippen molar-refractivity contribution in [3.05, 3.63) is 108 Å². The molecule has 2 N–H and O–H groups in total. The molecule has 3 aromatic carbocycles. The normalized spacial score (nSPS) is 23.5. The lowest BCUT2D eigenvalue weighted by molar-refractivity contribution is -0.276. The van der Waals surface area contributed by atoms with Crippen molar-refractivity contribution in [2.75, 3.05) is 17.8 Å². The summed E-state index contributed by atoms with van der Waals surface area (Å²) in [7, 11) is -3.69. The maximum absolute atomic E-state index is 12.8. The Labute approximate surface area is 243 Å². The van der Waals surface area contributed by atoms with E-state index in [0.29, 0.717) is 11.7 Å². The number of hydrogen-bond acceptors (Lipinski definition) is 6. The lowest BCUT2D eigenvalue weighted by Gasteiger charge is -2.43. The van der Waals surface area contributed by atoms with Crippen LogP contribution in [0.5, 0.6) is 0 Å². The number of sulfonamides is 1. The molecule has 0 bridgehead atoms. The summed E-state index contributed by atoms with van der Waals surface area (Å²) in [5.74, 6) is 0.0805. The van der Waals surface area contributed by atoms with E-state index < -0.39 is 16.3 Å². The van der Waals surface area contributed by atoms with Crippen LogP contribution in [-0.4, -0.2) is 43.7 Å². The van der Waals surface area contributed by atoms with Gasteiger partial charge in [-0.25, -0.2) is 8.42 Å².